The molecule has 1 aromatic rings. The van der Waals surface area contributed by atoms with E-state index >= 15 is 0 Å². The highest BCUT2D eigenvalue weighted by molar-refractivity contribution is 7.85. The van der Waals surface area contributed by atoms with Crippen molar-refractivity contribution in [1.29, 1.82) is 0 Å². The van der Waals surface area contributed by atoms with Gasteiger partial charge in [-0.2, -0.15) is 0 Å². The largest absolute Gasteiger partial charge is 0.313 e. The second-order valence-electron chi connectivity index (χ2n) is 3.50. The van der Waals surface area contributed by atoms with Crippen LogP contribution in [0.2, 0.25) is 5.15 Å². The Morgan fingerprint density at radius 3 is 2.88 bits per heavy atom. The summed E-state index contributed by atoms with van der Waals surface area (Å²) in [5.74, 6) is 0.607. The second kappa shape index (κ2) is 6.49. The van der Waals surface area contributed by atoms with E-state index in [1.165, 1.54) is 0 Å². The van der Waals surface area contributed by atoms with Crippen LogP contribution in [0, 0.1) is 0 Å². The molecule has 4 nitrogen and oxygen atoms in total. The molecule has 1 aromatic heterocycles. The summed E-state index contributed by atoms with van der Waals surface area (Å²) < 4.78 is 11.8. The lowest BCUT2D eigenvalue weighted by molar-refractivity contribution is 0.640. The van der Waals surface area contributed by atoms with Crippen molar-refractivity contribution in [2.24, 2.45) is 0 Å². The van der Waals surface area contributed by atoms with Crippen LogP contribution in [0.4, 0.5) is 0 Å². The maximum absolute atomic E-state index is 11.8. The van der Waals surface area contributed by atoms with Crippen molar-refractivity contribution in [3.05, 3.63) is 17.3 Å². The topological polar surface area (TPSA) is 54.9 Å². The Kier molecular flexibility index (Phi) is 5.61. The Hall–Kier alpha value is -0.230. The molecule has 2 heterocycles. The molecule has 7 heteroatoms. The Balaban J connectivity index is 0.00000128. The van der Waals surface area contributed by atoms with Crippen LogP contribution in [0.25, 0.3) is 0 Å². The highest BCUT2D eigenvalue weighted by Crippen LogP contribution is 2.11. The summed E-state index contributed by atoms with van der Waals surface area (Å²) >= 11 is 5.60. The van der Waals surface area contributed by atoms with E-state index in [4.69, 9.17) is 11.6 Å². The molecule has 0 saturated carbocycles. The molecule has 0 spiro atoms. The molecule has 1 fully saturated rings. The minimum Gasteiger partial charge on any atom is -0.313 e. The minimum atomic E-state index is -1.08. The van der Waals surface area contributed by atoms with Crippen molar-refractivity contribution >= 4 is 34.8 Å². The van der Waals surface area contributed by atoms with Crippen molar-refractivity contribution in [2.45, 2.75) is 23.9 Å². The summed E-state index contributed by atoms with van der Waals surface area (Å²) in [5.41, 5.74) is 0. The molecule has 0 bridgehead atoms. The highest BCUT2D eigenvalue weighted by Gasteiger charge is 2.18. The molecule has 0 radical (unpaired) electrons. The minimum absolute atomic E-state index is 0. The normalized spacial score (nSPS) is 21.4. The fraction of sp³-hybridized carbons (Fsp3) is 0.556. The van der Waals surface area contributed by atoms with Crippen molar-refractivity contribution in [1.82, 2.24) is 15.5 Å². The molecule has 1 N–H and O–H groups in total. The number of hydrogen-bond donors (Lipinski definition) is 1. The highest BCUT2D eigenvalue weighted by atomic mass is 35.5. The zero-order chi connectivity index (χ0) is 10.7. The Morgan fingerprint density at radius 1 is 1.50 bits per heavy atom. The summed E-state index contributed by atoms with van der Waals surface area (Å²) in [6.07, 6.45) is 2.25. The molecule has 0 aliphatic carbocycles. The first kappa shape index (κ1) is 13.8. The average Bonchev–Trinajstić information content (AvgIpc) is 2.71. The summed E-state index contributed by atoms with van der Waals surface area (Å²) in [5, 5.41) is 11.6. The molecule has 1 aliphatic heterocycles. The lowest BCUT2D eigenvalue weighted by Gasteiger charge is -2.08. The van der Waals surface area contributed by atoms with Crippen LogP contribution in [-0.2, 0) is 10.8 Å². The summed E-state index contributed by atoms with van der Waals surface area (Å²) in [6.45, 7) is 1.02. The molecule has 2 atom stereocenters. The summed E-state index contributed by atoms with van der Waals surface area (Å²) in [4.78, 5) is 0. The maximum Gasteiger partial charge on any atom is 0.151 e. The summed E-state index contributed by atoms with van der Waals surface area (Å²) in [6, 6.07) is 3.63. The van der Waals surface area contributed by atoms with Gasteiger partial charge >= 0.3 is 0 Å². The van der Waals surface area contributed by atoms with Gasteiger partial charge in [0.25, 0.3) is 0 Å². The predicted molar refractivity (Wildman–Crippen MR) is 66.6 cm³/mol. The predicted octanol–water partition coefficient (Wildman–Crippen LogP) is 1.41. The van der Waals surface area contributed by atoms with Gasteiger partial charge in [0.1, 0.15) is 5.03 Å². The molecule has 0 aromatic carbocycles. The number of hydrogen-bond acceptors (Lipinski definition) is 4. The Labute approximate surface area is 108 Å². The van der Waals surface area contributed by atoms with Gasteiger partial charge in [-0.3, -0.25) is 4.21 Å². The number of halogens is 2. The SMILES string of the molecule is Cl.O=S(CC1CCCN1)c1ccc(Cl)nn1. The van der Waals surface area contributed by atoms with Crippen molar-refractivity contribution < 1.29 is 4.21 Å². The molecule has 1 aliphatic rings. The lowest BCUT2D eigenvalue weighted by Crippen LogP contribution is -2.27. The van der Waals surface area contributed by atoms with Gasteiger partial charge in [-0.05, 0) is 31.5 Å². The monoisotopic (exact) mass is 281 g/mol. The molecule has 0 amide bonds. The number of aromatic nitrogens is 2. The molecule has 2 unspecified atom stereocenters. The van der Waals surface area contributed by atoms with E-state index in [2.05, 4.69) is 15.5 Å². The molecule has 16 heavy (non-hydrogen) atoms. The van der Waals surface area contributed by atoms with E-state index in [-0.39, 0.29) is 12.4 Å². The number of nitrogens with one attached hydrogen (secondary N) is 1. The van der Waals surface area contributed by atoms with E-state index in [1.54, 1.807) is 12.1 Å². The molecular weight excluding hydrogens is 269 g/mol. The van der Waals surface area contributed by atoms with Crippen LogP contribution in [0.1, 0.15) is 12.8 Å². The third-order valence-corrected chi connectivity index (χ3v) is 3.95. The molecular formula is C9H13Cl2N3OS. The van der Waals surface area contributed by atoms with Crippen molar-refractivity contribution in [3.8, 4) is 0 Å². The van der Waals surface area contributed by atoms with Gasteiger partial charge in [0.15, 0.2) is 5.15 Å². The van der Waals surface area contributed by atoms with Crippen LogP contribution in [-0.4, -0.2) is 32.7 Å². The van der Waals surface area contributed by atoms with Crippen molar-refractivity contribution in [2.75, 3.05) is 12.3 Å². The van der Waals surface area contributed by atoms with Gasteiger partial charge in [-0.15, -0.1) is 22.6 Å². The van der Waals surface area contributed by atoms with Crippen LogP contribution in [0.3, 0.4) is 0 Å². The average molecular weight is 282 g/mol. The van der Waals surface area contributed by atoms with Gasteiger partial charge < -0.3 is 5.32 Å². The van der Waals surface area contributed by atoms with Gasteiger partial charge in [0.05, 0.1) is 10.8 Å². The van der Waals surface area contributed by atoms with Gasteiger partial charge in [0, 0.05) is 11.8 Å². The van der Waals surface area contributed by atoms with Crippen LogP contribution in [0.15, 0.2) is 17.2 Å². The maximum atomic E-state index is 11.8. The van der Waals surface area contributed by atoms with Gasteiger partial charge in [-0.1, -0.05) is 11.6 Å². The quantitative estimate of drug-likeness (QED) is 0.910. The standard InChI is InChI=1S/C9H12ClN3OS.ClH/c10-8-3-4-9(13-12-8)15(14)6-7-2-1-5-11-7;/h3-4,7,11H,1-2,5-6H2;1H. The second-order valence-corrected chi connectivity index (χ2v) is 5.33. The number of rotatable bonds is 3. The van der Waals surface area contributed by atoms with Crippen LogP contribution >= 0.6 is 24.0 Å². The van der Waals surface area contributed by atoms with E-state index < -0.39 is 10.8 Å². The van der Waals surface area contributed by atoms with Crippen LogP contribution in [0.5, 0.6) is 0 Å². The van der Waals surface area contributed by atoms with Gasteiger partial charge in [0.2, 0.25) is 0 Å². The van der Waals surface area contributed by atoms with E-state index in [0.717, 1.165) is 19.4 Å². The Bertz CT molecular complexity index is 354. The first-order valence-corrected chi connectivity index (χ1v) is 6.56. The fourth-order valence-corrected chi connectivity index (χ4v) is 2.87. The number of nitrogens with zero attached hydrogens (tertiary/aromatic N) is 2. The Morgan fingerprint density at radius 2 is 2.31 bits per heavy atom. The van der Waals surface area contributed by atoms with Gasteiger partial charge in [-0.25, -0.2) is 0 Å². The van der Waals surface area contributed by atoms with E-state index in [0.29, 0.717) is 22.0 Å². The third kappa shape index (κ3) is 3.66. The zero-order valence-corrected chi connectivity index (χ0v) is 10.9. The van der Waals surface area contributed by atoms with E-state index in [9.17, 15) is 4.21 Å². The van der Waals surface area contributed by atoms with Crippen molar-refractivity contribution in [3.63, 3.8) is 0 Å². The zero-order valence-electron chi connectivity index (χ0n) is 8.56. The molecule has 1 saturated heterocycles. The smallest absolute Gasteiger partial charge is 0.151 e. The lowest BCUT2D eigenvalue weighted by atomic mass is 10.3. The third-order valence-electron chi connectivity index (χ3n) is 2.36. The summed E-state index contributed by atoms with van der Waals surface area (Å²) in [7, 11) is -1.08. The first-order valence-electron chi connectivity index (χ1n) is 4.87. The van der Waals surface area contributed by atoms with E-state index in [1.807, 2.05) is 0 Å². The first-order chi connectivity index (χ1) is 7.25. The molecule has 90 valence electrons. The molecule has 2 rings (SSSR count). The fourth-order valence-electron chi connectivity index (χ4n) is 1.59. The van der Waals surface area contributed by atoms with Crippen LogP contribution < -0.4 is 5.32 Å².